The van der Waals surface area contributed by atoms with Crippen LogP contribution in [0.2, 0.25) is 0 Å². The number of carboxylic acid groups (broad SMARTS) is 1. The fraction of sp³-hybridized carbons (Fsp3) is 0.938. The topological polar surface area (TPSA) is 61.8 Å². The smallest absolute Gasteiger partial charge is 0.323 e. The number of aliphatic carboxylic acids is 1. The van der Waals surface area contributed by atoms with Crippen LogP contribution in [0.5, 0.6) is 0 Å². The zero-order chi connectivity index (χ0) is 15.7. The molecule has 0 aromatic rings. The highest BCUT2D eigenvalue weighted by molar-refractivity contribution is 5.78. The average molecular weight is 300 g/mol. The zero-order valence-electron chi connectivity index (χ0n) is 13.9. The van der Waals surface area contributed by atoms with Crippen molar-refractivity contribution in [3.8, 4) is 0 Å². The molecule has 5 nitrogen and oxygen atoms in total. The van der Waals surface area contributed by atoms with Crippen molar-refractivity contribution in [2.24, 2.45) is 5.92 Å². The van der Waals surface area contributed by atoms with Gasteiger partial charge >= 0.3 is 5.97 Å². The van der Waals surface area contributed by atoms with Gasteiger partial charge in [-0.1, -0.05) is 13.8 Å². The Balaban J connectivity index is 2.17. The van der Waals surface area contributed by atoms with Gasteiger partial charge in [0.15, 0.2) is 0 Å². The lowest BCUT2D eigenvalue weighted by atomic mass is 9.90. The van der Waals surface area contributed by atoms with Gasteiger partial charge in [0, 0.05) is 13.2 Å². The number of nitrogens with zero attached hydrogens (tertiary/aromatic N) is 1. The number of likely N-dealkylation sites (N-methyl/N-ethyl adjacent to an activating group) is 2. The molecule has 0 aromatic heterocycles. The van der Waals surface area contributed by atoms with Crippen molar-refractivity contribution in [1.82, 2.24) is 10.2 Å². The van der Waals surface area contributed by atoms with Crippen LogP contribution in [0.3, 0.4) is 0 Å². The van der Waals surface area contributed by atoms with Crippen LogP contribution in [0.25, 0.3) is 0 Å². The van der Waals surface area contributed by atoms with Crippen LogP contribution in [0.1, 0.15) is 46.0 Å². The number of hydrogen-bond acceptors (Lipinski definition) is 4. The van der Waals surface area contributed by atoms with Gasteiger partial charge in [0.1, 0.15) is 5.54 Å². The molecule has 1 unspecified atom stereocenters. The molecule has 1 fully saturated rings. The summed E-state index contributed by atoms with van der Waals surface area (Å²) >= 11 is 0. The van der Waals surface area contributed by atoms with E-state index in [4.69, 9.17) is 4.74 Å². The van der Waals surface area contributed by atoms with Crippen LogP contribution < -0.4 is 5.32 Å². The molecule has 0 aliphatic heterocycles. The van der Waals surface area contributed by atoms with Gasteiger partial charge in [-0.05, 0) is 58.2 Å². The van der Waals surface area contributed by atoms with Crippen LogP contribution in [-0.4, -0.2) is 61.4 Å². The Morgan fingerprint density at radius 2 is 2.10 bits per heavy atom. The van der Waals surface area contributed by atoms with Gasteiger partial charge in [-0.15, -0.1) is 0 Å². The second-order valence-electron chi connectivity index (χ2n) is 6.20. The number of hydrogen-bond donors (Lipinski definition) is 2. The molecule has 0 bridgehead atoms. The normalized spacial score (nSPS) is 17.9. The van der Waals surface area contributed by atoms with Crippen LogP contribution in [0, 0.1) is 5.92 Å². The van der Waals surface area contributed by atoms with Crippen molar-refractivity contribution in [3.63, 3.8) is 0 Å². The zero-order valence-corrected chi connectivity index (χ0v) is 13.9. The summed E-state index contributed by atoms with van der Waals surface area (Å²) in [7, 11) is 2.07. The maximum Gasteiger partial charge on any atom is 0.323 e. The second kappa shape index (κ2) is 9.38. The summed E-state index contributed by atoms with van der Waals surface area (Å²) in [5.74, 6) is 0.0819. The van der Waals surface area contributed by atoms with Crippen molar-refractivity contribution >= 4 is 5.97 Å². The fourth-order valence-electron chi connectivity index (χ4n) is 2.58. The van der Waals surface area contributed by atoms with Crippen molar-refractivity contribution in [2.75, 3.05) is 39.9 Å². The quantitative estimate of drug-likeness (QED) is 0.509. The third-order valence-electron chi connectivity index (χ3n) is 4.34. The van der Waals surface area contributed by atoms with Gasteiger partial charge in [-0.25, -0.2) is 0 Å². The van der Waals surface area contributed by atoms with Crippen LogP contribution in [0.15, 0.2) is 0 Å². The molecule has 1 aliphatic carbocycles. The molecule has 1 rings (SSSR count). The maximum absolute atomic E-state index is 11.5. The fourth-order valence-corrected chi connectivity index (χ4v) is 2.58. The first kappa shape index (κ1) is 18.4. The number of carboxylic acids is 1. The summed E-state index contributed by atoms with van der Waals surface area (Å²) in [6.07, 6.45) is 4.82. The summed E-state index contributed by atoms with van der Waals surface area (Å²) in [6.45, 7) is 8.09. The van der Waals surface area contributed by atoms with E-state index in [1.54, 1.807) is 0 Å². The highest BCUT2D eigenvalue weighted by atomic mass is 16.5. The summed E-state index contributed by atoms with van der Waals surface area (Å²) < 4.78 is 5.63. The molecule has 0 heterocycles. The van der Waals surface area contributed by atoms with Gasteiger partial charge in [-0.2, -0.15) is 0 Å². The minimum Gasteiger partial charge on any atom is -0.480 e. The Morgan fingerprint density at radius 1 is 1.38 bits per heavy atom. The van der Waals surface area contributed by atoms with Gasteiger partial charge in [0.2, 0.25) is 0 Å². The largest absolute Gasteiger partial charge is 0.480 e. The van der Waals surface area contributed by atoms with Crippen molar-refractivity contribution in [3.05, 3.63) is 0 Å². The minimum atomic E-state index is -0.766. The van der Waals surface area contributed by atoms with E-state index in [1.807, 2.05) is 13.8 Å². The van der Waals surface area contributed by atoms with E-state index in [0.29, 0.717) is 19.4 Å². The lowest BCUT2D eigenvalue weighted by Gasteiger charge is -2.30. The molecular weight excluding hydrogens is 268 g/mol. The molecule has 124 valence electrons. The number of rotatable bonds is 13. The lowest BCUT2D eigenvalue weighted by Crippen LogP contribution is -2.51. The third kappa shape index (κ3) is 6.76. The molecule has 1 saturated carbocycles. The summed E-state index contributed by atoms with van der Waals surface area (Å²) in [6, 6.07) is 0. The first-order valence-corrected chi connectivity index (χ1v) is 8.28. The first-order chi connectivity index (χ1) is 10.0. The first-order valence-electron chi connectivity index (χ1n) is 8.28. The van der Waals surface area contributed by atoms with Crippen molar-refractivity contribution < 1.29 is 14.6 Å². The predicted octanol–water partition coefficient (Wildman–Crippen LogP) is 1.97. The molecule has 0 amide bonds. The number of ether oxygens (including phenoxy) is 1. The minimum absolute atomic E-state index is 0.615. The van der Waals surface area contributed by atoms with E-state index in [1.165, 1.54) is 12.8 Å². The molecule has 0 radical (unpaired) electrons. The molecule has 2 N–H and O–H groups in total. The summed E-state index contributed by atoms with van der Waals surface area (Å²) in [4.78, 5) is 13.7. The van der Waals surface area contributed by atoms with E-state index < -0.39 is 11.5 Å². The summed E-state index contributed by atoms with van der Waals surface area (Å²) in [5.41, 5.74) is -0.766. The van der Waals surface area contributed by atoms with Gasteiger partial charge < -0.3 is 20.1 Å². The standard InChI is InChI=1S/C16H32N2O3/c1-4-16(15(19)20,17-5-2)9-6-10-18(3)11-12-21-13-14-7-8-14/h14,17H,4-13H2,1-3H3,(H,19,20). The van der Waals surface area contributed by atoms with Crippen molar-refractivity contribution in [1.29, 1.82) is 0 Å². The summed E-state index contributed by atoms with van der Waals surface area (Å²) in [5, 5.41) is 12.6. The maximum atomic E-state index is 11.5. The Labute approximate surface area is 129 Å². The molecule has 1 atom stereocenters. The predicted molar refractivity (Wildman–Crippen MR) is 84.6 cm³/mol. The number of carbonyl (C=O) groups is 1. The van der Waals surface area contributed by atoms with Gasteiger partial charge in [0.25, 0.3) is 0 Å². The number of nitrogens with one attached hydrogen (secondary N) is 1. The Hall–Kier alpha value is -0.650. The Morgan fingerprint density at radius 3 is 2.62 bits per heavy atom. The molecule has 5 heteroatoms. The molecule has 21 heavy (non-hydrogen) atoms. The monoisotopic (exact) mass is 300 g/mol. The second-order valence-corrected chi connectivity index (χ2v) is 6.20. The van der Waals surface area contributed by atoms with Crippen molar-refractivity contribution in [2.45, 2.75) is 51.5 Å². The molecule has 0 aromatic carbocycles. The Bertz CT molecular complexity index is 308. The van der Waals surface area contributed by atoms with Gasteiger partial charge in [-0.3, -0.25) is 4.79 Å². The van der Waals surface area contributed by atoms with E-state index in [0.717, 1.165) is 38.6 Å². The van der Waals surface area contributed by atoms with E-state index in [-0.39, 0.29) is 0 Å². The van der Waals surface area contributed by atoms with Crippen LogP contribution >= 0.6 is 0 Å². The molecule has 0 spiro atoms. The van der Waals surface area contributed by atoms with Gasteiger partial charge in [0.05, 0.1) is 6.61 Å². The SMILES string of the molecule is CCNC(CC)(CCCN(C)CCOCC1CC1)C(=O)O. The van der Waals surface area contributed by atoms with Crippen LogP contribution in [0.4, 0.5) is 0 Å². The van der Waals surface area contributed by atoms with E-state index >= 15 is 0 Å². The molecular formula is C16H32N2O3. The Kier molecular flexibility index (Phi) is 8.22. The molecule has 0 saturated heterocycles. The third-order valence-corrected chi connectivity index (χ3v) is 4.34. The van der Waals surface area contributed by atoms with E-state index in [2.05, 4.69) is 17.3 Å². The highest BCUT2D eigenvalue weighted by Crippen LogP contribution is 2.28. The van der Waals surface area contributed by atoms with Crippen LogP contribution in [-0.2, 0) is 9.53 Å². The average Bonchev–Trinajstić information content (AvgIpc) is 3.26. The highest BCUT2D eigenvalue weighted by Gasteiger charge is 2.34. The van der Waals surface area contributed by atoms with E-state index in [9.17, 15) is 9.90 Å². The lowest BCUT2D eigenvalue weighted by molar-refractivity contribution is -0.145. The molecule has 1 aliphatic rings.